The number of nitrogens with one attached hydrogen (secondary N) is 1. The van der Waals surface area contributed by atoms with Gasteiger partial charge < -0.3 is 5.32 Å². The van der Waals surface area contributed by atoms with E-state index in [9.17, 15) is 4.79 Å². The lowest BCUT2D eigenvalue weighted by atomic mass is 10.0. The SMILES string of the molecule is Cc1ccc(-c2nn(-c3ccccc3)cc2/C=C/C(=O)NC2CCN(Cc3ccccc3)CC2)cc1.Cl. The van der Waals surface area contributed by atoms with Crippen molar-refractivity contribution in [3.8, 4) is 16.9 Å². The second-order valence-electron chi connectivity index (χ2n) is 9.46. The minimum atomic E-state index is -0.0566. The van der Waals surface area contributed by atoms with Crippen molar-refractivity contribution in [2.75, 3.05) is 13.1 Å². The van der Waals surface area contributed by atoms with E-state index in [1.165, 1.54) is 11.1 Å². The van der Waals surface area contributed by atoms with Crippen molar-refractivity contribution in [1.29, 1.82) is 0 Å². The van der Waals surface area contributed by atoms with Crippen LogP contribution < -0.4 is 5.32 Å². The van der Waals surface area contributed by atoms with Crippen molar-refractivity contribution >= 4 is 24.4 Å². The fourth-order valence-corrected chi connectivity index (χ4v) is 4.65. The molecule has 0 aliphatic carbocycles. The van der Waals surface area contributed by atoms with Gasteiger partial charge in [-0.05, 0) is 43.5 Å². The molecule has 1 fully saturated rings. The number of carbonyl (C=O) groups excluding carboxylic acids is 1. The summed E-state index contributed by atoms with van der Waals surface area (Å²) in [4.78, 5) is 15.2. The quantitative estimate of drug-likeness (QED) is 0.306. The number of hydrogen-bond acceptors (Lipinski definition) is 3. The number of carbonyl (C=O) groups is 1. The van der Waals surface area contributed by atoms with Crippen LogP contribution in [0.5, 0.6) is 0 Å². The molecule has 5 rings (SSSR count). The van der Waals surface area contributed by atoms with E-state index in [2.05, 4.69) is 71.7 Å². The number of halogens is 1. The molecule has 1 aliphatic rings. The van der Waals surface area contributed by atoms with Gasteiger partial charge in [0.1, 0.15) is 0 Å². The average Bonchev–Trinajstić information content (AvgIpc) is 3.34. The number of rotatable bonds is 7. The summed E-state index contributed by atoms with van der Waals surface area (Å²) in [5.74, 6) is -0.0566. The van der Waals surface area contributed by atoms with E-state index in [1.54, 1.807) is 6.08 Å². The van der Waals surface area contributed by atoms with Crippen molar-refractivity contribution in [3.63, 3.8) is 0 Å². The summed E-state index contributed by atoms with van der Waals surface area (Å²) in [6.07, 6.45) is 7.43. The first-order chi connectivity index (χ1) is 17.6. The second kappa shape index (κ2) is 12.5. The molecule has 0 radical (unpaired) electrons. The minimum absolute atomic E-state index is 0. The fourth-order valence-electron chi connectivity index (χ4n) is 4.65. The molecule has 3 aromatic carbocycles. The minimum Gasteiger partial charge on any atom is -0.350 e. The number of amides is 1. The van der Waals surface area contributed by atoms with Crippen LogP contribution in [0.15, 0.2) is 97.2 Å². The van der Waals surface area contributed by atoms with Crippen LogP contribution in [0.3, 0.4) is 0 Å². The molecule has 0 atom stereocenters. The summed E-state index contributed by atoms with van der Waals surface area (Å²) >= 11 is 0. The lowest BCUT2D eigenvalue weighted by Crippen LogP contribution is -2.43. The molecule has 6 heteroatoms. The summed E-state index contributed by atoms with van der Waals surface area (Å²) in [7, 11) is 0. The third-order valence-corrected chi connectivity index (χ3v) is 6.69. The summed E-state index contributed by atoms with van der Waals surface area (Å²) in [6.45, 7) is 5.02. The number of likely N-dealkylation sites (tertiary alicyclic amines) is 1. The van der Waals surface area contributed by atoms with Crippen LogP contribution in [0.4, 0.5) is 0 Å². The van der Waals surface area contributed by atoms with E-state index >= 15 is 0 Å². The van der Waals surface area contributed by atoms with Gasteiger partial charge in [-0.25, -0.2) is 4.68 Å². The molecule has 4 aromatic rings. The molecule has 1 amide bonds. The molecule has 37 heavy (non-hydrogen) atoms. The van der Waals surface area contributed by atoms with Gasteiger partial charge in [-0.1, -0.05) is 78.4 Å². The number of aromatic nitrogens is 2. The summed E-state index contributed by atoms with van der Waals surface area (Å²) < 4.78 is 1.87. The van der Waals surface area contributed by atoms with Crippen LogP contribution in [0.2, 0.25) is 0 Å². The summed E-state index contributed by atoms with van der Waals surface area (Å²) in [6, 6.07) is 29.1. The first kappa shape index (κ1) is 26.4. The van der Waals surface area contributed by atoms with Crippen LogP contribution in [0, 0.1) is 6.92 Å². The largest absolute Gasteiger partial charge is 0.350 e. The van der Waals surface area contributed by atoms with Crippen LogP contribution in [0.25, 0.3) is 23.0 Å². The highest BCUT2D eigenvalue weighted by Gasteiger charge is 2.20. The maximum absolute atomic E-state index is 12.8. The molecule has 0 saturated carbocycles. The fraction of sp³-hybridized carbons (Fsp3) is 0.226. The van der Waals surface area contributed by atoms with E-state index in [1.807, 2.05) is 47.3 Å². The first-order valence-corrected chi connectivity index (χ1v) is 12.6. The van der Waals surface area contributed by atoms with Crippen molar-refractivity contribution < 1.29 is 4.79 Å². The topological polar surface area (TPSA) is 50.2 Å². The van der Waals surface area contributed by atoms with E-state index < -0.39 is 0 Å². The van der Waals surface area contributed by atoms with Crippen LogP contribution in [-0.2, 0) is 11.3 Å². The zero-order valence-corrected chi connectivity index (χ0v) is 21.9. The first-order valence-electron chi connectivity index (χ1n) is 12.6. The standard InChI is InChI=1S/C31H32N4O.ClH/c1-24-12-14-26(15-13-24)31-27(23-35(33-31)29-10-6-3-7-11-29)16-17-30(36)32-28-18-20-34(21-19-28)22-25-8-4-2-5-9-25;/h2-17,23,28H,18-22H2,1H3,(H,32,36);1H/b17-16+;. The molecule has 0 bridgehead atoms. The van der Waals surface area contributed by atoms with Gasteiger partial charge in [0.25, 0.3) is 0 Å². The molecule has 1 aliphatic heterocycles. The predicted octanol–water partition coefficient (Wildman–Crippen LogP) is 6.06. The highest BCUT2D eigenvalue weighted by Crippen LogP contribution is 2.25. The van der Waals surface area contributed by atoms with Gasteiger partial charge in [-0.15, -0.1) is 12.4 Å². The van der Waals surface area contributed by atoms with Gasteiger partial charge in [0.05, 0.1) is 11.4 Å². The molecule has 190 valence electrons. The number of hydrogen-bond donors (Lipinski definition) is 1. The number of piperidine rings is 1. The Morgan fingerprint density at radius 2 is 1.59 bits per heavy atom. The van der Waals surface area contributed by atoms with Crippen molar-refractivity contribution in [3.05, 3.63) is 114 Å². The summed E-state index contributed by atoms with van der Waals surface area (Å²) in [5, 5.41) is 8.04. The Labute approximate surface area is 225 Å². The average molecular weight is 513 g/mol. The Morgan fingerprint density at radius 3 is 2.27 bits per heavy atom. The van der Waals surface area contributed by atoms with Gasteiger partial charge in [0.2, 0.25) is 5.91 Å². The third-order valence-electron chi connectivity index (χ3n) is 6.69. The normalized spacial score (nSPS) is 14.4. The Balaban J connectivity index is 0.00000320. The Morgan fingerprint density at radius 1 is 0.946 bits per heavy atom. The maximum atomic E-state index is 12.8. The molecule has 0 unspecified atom stereocenters. The van der Waals surface area contributed by atoms with Crippen LogP contribution in [-0.4, -0.2) is 39.7 Å². The van der Waals surface area contributed by atoms with Crippen LogP contribution >= 0.6 is 12.4 Å². The molecule has 2 heterocycles. The lowest BCUT2D eigenvalue weighted by molar-refractivity contribution is -0.117. The number of aryl methyl sites for hydroxylation is 1. The van der Waals surface area contributed by atoms with Gasteiger partial charge >= 0.3 is 0 Å². The number of benzene rings is 3. The van der Waals surface area contributed by atoms with E-state index in [0.29, 0.717) is 0 Å². The highest BCUT2D eigenvalue weighted by molar-refractivity contribution is 5.93. The smallest absolute Gasteiger partial charge is 0.244 e. The molecular formula is C31H33ClN4O. The Bertz CT molecular complexity index is 1310. The lowest BCUT2D eigenvalue weighted by Gasteiger charge is -2.32. The Kier molecular flexibility index (Phi) is 8.94. The second-order valence-corrected chi connectivity index (χ2v) is 9.46. The summed E-state index contributed by atoms with van der Waals surface area (Å²) in [5.41, 5.74) is 6.32. The number of nitrogens with zero attached hydrogens (tertiary/aromatic N) is 3. The van der Waals surface area contributed by atoms with Crippen LogP contribution in [0.1, 0.15) is 29.5 Å². The molecule has 1 aromatic heterocycles. The maximum Gasteiger partial charge on any atom is 0.244 e. The van der Waals surface area contributed by atoms with Gasteiger partial charge in [0, 0.05) is 49.1 Å². The van der Waals surface area contributed by atoms with E-state index in [4.69, 9.17) is 5.10 Å². The highest BCUT2D eigenvalue weighted by atomic mass is 35.5. The van der Waals surface area contributed by atoms with Crippen molar-refractivity contribution in [2.24, 2.45) is 0 Å². The molecule has 1 saturated heterocycles. The molecule has 0 spiro atoms. The zero-order chi connectivity index (χ0) is 24.7. The molecular weight excluding hydrogens is 480 g/mol. The molecule has 1 N–H and O–H groups in total. The van der Waals surface area contributed by atoms with Crippen molar-refractivity contribution in [1.82, 2.24) is 20.0 Å². The Hall–Kier alpha value is -3.67. The predicted molar refractivity (Wildman–Crippen MR) is 153 cm³/mol. The zero-order valence-electron chi connectivity index (χ0n) is 21.1. The monoisotopic (exact) mass is 512 g/mol. The van der Waals surface area contributed by atoms with Crippen molar-refractivity contribution in [2.45, 2.75) is 32.4 Å². The third kappa shape index (κ3) is 6.97. The van der Waals surface area contributed by atoms with E-state index in [-0.39, 0.29) is 24.4 Å². The van der Waals surface area contributed by atoms with Gasteiger partial charge in [-0.2, -0.15) is 5.10 Å². The van der Waals surface area contributed by atoms with Gasteiger partial charge in [0.15, 0.2) is 0 Å². The number of para-hydroxylation sites is 1. The molecule has 5 nitrogen and oxygen atoms in total. The van der Waals surface area contributed by atoms with E-state index in [0.717, 1.165) is 55.0 Å². The van der Waals surface area contributed by atoms with Gasteiger partial charge in [-0.3, -0.25) is 9.69 Å².